The van der Waals surface area contributed by atoms with Crippen LogP contribution in [0.15, 0.2) is 17.3 Å². The number of nitrogens with one attached hydrogen (secondary N) is 1. The fraction of sp³-hybridized carbons (Fsp3) is 0.650. The van der Waals surface area contributed by atoms with Crippen molar-refractivity contribution in [2.45, 2.75) is 26.4 Å². The molecule has 0 unspecified atom stereocenters. The van der Waals surface area contributed by atoms with Gasteiger partial charge in [-0.1, -0.05) is 11.6 Å². The summed E-state index contributed by atoms with van der Waals surface area (Å²) in [5, 5.41) is 12.6. The Hall–Kier alpha value is -2.10. The van der Waals surface area contributed by atoms with Crippen molar-refractivity contribution in [2.75, 3.05) is 46.4 Å². The Balaban J connectivity index is 1.61. The van der Waals surface area contributed by atoms with E-state index in [9.17, 15) is 0 Å². The summed E-state index contributed by atoms with van der Waals surface area (Å²) in [6.07, 6.45) is 2.96. The van der Waals surface area contributed by atoms with Crippen molar-refractivity contribution in [1.29, 1.82) is 0 Å². The van der Waals surface area contributed by atoms with Crippen LogP contribution in [0, 0.1) is 6.92 Å². The van der Waals surface area contributed by atoms with Gasteiger partial charge in [-0.3, -0.25) is 4.90 Å². The Morgan fingerprint density at radius 3 is 2.70 bits per heavy atom. The Bertz CT molecular complexity index is 840. The summed E-state index contributed by atoms with van der Waals surface area (Å²) >= 11 is 6.15. The highest BCUT2D eigenvalue weighted by Crippen LogP contribution is 2.14. The molecule has 0 atom stereocenters. The number of aromatic nitrogens is 4. The van der Waals surface area contributed by atoms with E-state index in [0.717, 1.165) is 74.1 Å². The summed E-state index contributed by atoms with van der Waals surface area (Å²) in [7, 11) is 6.01. The predicted molar refractivity (Wildman–Crippen MR) is 119 cm³/mol. The van der Waals surface area contributed by atoms with Crippen molar-refractivity contribution in [3.8, 4) is 0 Å². The average Bonchev–Trinajstić information content (AvgIpc) is 3.22. The predicted octanol–water partition coefficient (Wildman–Crippen LogP) is 1.42. The second-order valence-electron chi connectivity index (χ2n) is 7.71. The topological polar surface area (TPSA) is 75.7 Å². The zero-order valence-electron chi connectivity index (χ0n) is 18.4. The Morgan fingerprint density at radius 2 is 2.07 bits per heavy atom. The molecule has 0 amide bonds. The third kappa shape index (κ3) is 6.20. The van der Waals surface area contributed by atoms with Gasteiger partial charge in [0.2, 0.25) is 0 Å². The monoisotopic (exact) mass is 436 g/mol. The van der Waals surface area contributed by atoms with E-state index in [4.69, 9.17) is 21.3 Å². The Morgan fingerprint density at radius 1 is 1.30 bits per heavy atom. The smallest absolute Gasteiger partial charge is 0.194 e. The first-order chi connectivity index (χ1) is 14.4. The molecule has 166 valence electrons. The molecule has 1 N–H and O–H groups in total. The zero-order chi connectivity index (χ0) is 21.5. The van der Waals surface area contributed by atoms with Crippen molar-refractivity contribution in [2.24, 2.45) is 19.1 Å². The van der Waals surface area contributed by atoms with Crippen molar-refractivity contribution in [3.63, 3.8) is 0 Å². The lowest BCUT2D eigenvalue weighted by Crippen LogP contribution is -2.41. The van der Waals surface area contributed by atoms with E-state index >= 15 is 0 Å². The number of guanidine groups is 1. The Labute approximate surface area is 183 Å². The summed E-state index contributed by atoms with van der Waals surface area (Å²) in [6.45, 7) is 8.73. The molecule has 0 aliphatic carbocycles. The first-order valence-corrected chi connectivity index (χ1v) is 10.8. The third-order valence-corrected chi connectivity index (χ3v) is 5.63. The van der Waals surface area contributed by atoms with Crippen LogP contribution < -0.4 is 5.32 Å². The standard InChI is InChI=1S/C20H33ClN8O/c1-16-24-25-19(28(16)4)13-23-20(22-6-5-7-29-8-10-30-11-9-29)27(3)15-18-12-17(21)14-26(18)2/h12,14H,5-11,13,15H2,1-4H3,(H,22,23). The molecule has 0 radical (unpaired) electrons. The zero-order valence-corrected chi connectivity index (χ0v) is 19.2. The average molecular weight is 437 g/mol. The fourth-order valence-electron chi connectivity index (χ4n) is 3.41. The van der Waals surface area contributed by atoms with E-state index in [1.165, 1.54) is 0 Å². The summed E-state index contributed by atoms with van der Waals surface area (Å²) < 4.78 is 9.43. The molecule has 0 aromatic carbocycles. The number of morpholine rings is 1. The number of ether oxygens (including phenoxy) is 1. The van der Waals surface area contributed by atoms with Crippen molar-refractivity contribution < 1.29 is 4.74 Å². The molecule has 0 bridgehead atoms. The number of nitrogens with zero attached hydrogens (tertiary/aromatic N) is 7. The van der Waals surface area contributed by atoms with Gasteiger partial charge in [0.25, 0.3) is 0 Å². The van der Waals surface area contributed by atoms with Gasteiger partial charge in [-0.25, -0.2) is 4.99 Å². The molecule has 1 aliphatic rings. The molecule has 1 fully saturated rings. The van der Waals surface area contributed by atoms with Crippen LogP contribution in [0.1, 0.15) is 23.8 Å². The summed E-state index contributed by atoms with van der Waals surface area (Å²) in [6, 6.07) is 1.99. The number of rotatable bonds is 8. The van der Waals surface area contributed by atoms with Gasteiger partial charge in [0, 0.05) is 52.7 Å². The van der Waals surface area contributed by atoms with E-state index in [0.29, 0.717) is 13.1 Å². The first-order valence-electron chi connectivity index (χ1n) is 10.4. The van der Waals surface area contributed by atoms with Crippen molar-refractivity contribution >= 4 is 17.6 Å². The first kappa shape index (κ1) is 22.6. The highest BCUT2D eigenvalue weighted by molar-refractivity contribution is 6.30. The largest absolute Gasteiger partial charge is 0.379 e. The van der Waals surface area contributed by atoms with E-state index < -0.39 is 0 Å². The van der Waals surface area contributed by atoms with Gasteiger partial charge in [0.05, 0.1) is 24.8 Å². The minimum atomic E-state index is 0.474. The minimum Gasteiger partial charge on any atom is -0.379 e. The van der Waals surface area contributed by atoms with Crippen LogP contribution in [0.25, 0.3) is 0 Å². The third-order valence-electron chi connectivity index (χ3n) is 5.43. The van der Waals surface area contributed by atoms with E-state index in [1.807, 2.05) is 49.5 Å². The molecule has 3 rings (SSSR count). The molecule has 0 spiro atoms. The molecular weight excluding hydrogens is 404 g/mol. The number of aryl methyl sites for hydroxylation is 2. The molecule has 1 aliphatic heterocycles. The van der Waals surface area contributed by atoms with Crippen molar-refractivity contribution in [3.05, 3.63) is 34.6 Å². The van der Waals surface area contributed by atoms with Gasteiger partial charge >= 0.3 is 0 Å². The van der Waals surface area contributed by atoms with Crippen LogP contribution >= 0.6 is 11.6 Å². The van der Waals surface area contributed by atoms with Gasteiger partial charge < -0.3 is 24.1 Å². The number of hydrogen-bond donors (Lipinski definition) is 1. The second-order valence-corrected chi connectivity index (χ2v) is 8.15. The molecule has 10 heteroatoms. The maximum Gasteiger partial charge on any atom is 0.194 e. The molecule has 0 saturated carbocycles. The van der Waals surface area contributed by atoms with Crippen LogP contribution in [0.4, 0.5) is 0 Å². The second kappa shape index (κ2) is 10.8. The SMILES string of the molecule is Cc1nnc(CN=C(NCCCN2CCOCC2)N(C)Cc2cc(Cl)cn2C)n1C. The minimum absolute atomic E-state index is 0.474. The molecule has 3 heterocycles. The molecule has 2 aromatic rings. The Kier molecular flexibility index (Phi) is 8.12. The summed E-state index contributed by atoms with van der Waals surface area (Å²) in [5.41, 5.74) is 1.12. The van der Waals surface area contributed by atoms with Gasteiger partial charge in [-0.15, -0.1) is 10.2 Å². The lowest BCUT2D eigenvalue weighted by atomic mass is 10.3. The quantitative estimate of drug-likeness (QED) is 0.383. The highest BCUT2D eigenvalue weighted by Gasteiger charge is 2.13. The van der Waals surface area contributed by atoms with E-state index in [2.05, 4.69) is 25.3 Å². The molecule has 2 aromatic heterocycles. The molecule has 1 saturated heterocycles. The molecule has 30 heavy (non-hydrogen) atoms. The van der Waals surface area contributed by atoms with Crippen LogP contribution in [-0.2, 0) is 31.9 Å². The van der Waals surface area contributed by atoms with Gasteiger partial charge in [0.1, 0.15) is 12.4 Å². The number of hydrogen-bond acceptors (Lipinski definition) is 5. The van der Waals surface area contributed by atoms with Gasteiger partial charge in [0.15, 0.2) is 11.8 Å². The highest BCUT2D eigenvalue weighted by atomic mass is 35.5. The number of halogens is 1. The van der Waals surface area contributed by atoms with Gasteiger partial charge in [-0.05, 0) is 26.0 Å². The molecular formula is C20H33ClN8O. The van der Waals surface area contributed by atoms with E-state index in [-0.39, 0.29) is 0 Å². The lowest BCUT2D eigenvalue weighted by Gasteiger charge is -2.27. The van der Waals surface area contributed by atoms with Crippen LogP contribution in [0.2, 0.25) is 5.02 Å². The van der Waals surface area contributed by atoms with Crippen LogP contribution in [-0.4, -0.2) is 81.5 Å². The van der Waals surface area contributed by atoms with Crippen LogP contribution in [0.3, 0.4) is 0 Å². The number of aliphatic imine (C=N–C) groups is 1. The van der Waals surface area contributed by atoms with Crippen LogP contribution in [0.5, 0.6) is 0 Å². The lowest BCUT2D eigenvalue weighted by molar-refractivity contribution is 0.0375. The normalized spacial score (nSPS) is 15.6. The summed E-state index contributed by atoms with van der Waals surface area (Å²) in [4.78, 5) is 9.38. The molecule has 9 nitrogen and oxygen atoms in total. The summed E-state index contributed by atoms with van der Waals surface area (Å²) in [5.74, 6) is 2.57. The van der Waals surface area contributed by atoms with Gasteiger partial charge in [-0.2, -0.15) is 0 Å². The van der Waals surface area contributed by atoms with E-state index in [1.54, 1.807) is 0 Å². The maximum absolute atomic E-state index is 6.15. The fourth-order valence-corrected chi connectivity index (χ4v) is 3.69. The van der Waals surface area contributed by atoms with Crippen molar-refractivity contribution in [1.82, 2.24) is 34.4 Å². The maximum atomic E-state index is 6.15.